The van der Waals surface area contributed by atoms with Crippen LogP contribution in [0, 0.1) is 11.8 Å². The van der Waals surface area contributed by atoms with Gasteiger partial charge in [-0.25, -0.2) is 0 Å². The maximum absolute atomic E-state index is 10.3. The Morgan fingerprint density at radius 1 is 1.43 bits per heavy atom. The van der Waals surface area contributed by atoms with Crippen molar-refractivity contribution in [1.29, 1.82) is 0 Å². The molecule has 1 nitrogen and oxygen atoms in total. The molecular formula is C11H16OS2. The van der Waals surface area contributed by atoms with Gasteiger partial charge in [-0.3, -0.25) is 0 Å². The zero-order chi connectivity index (χ0) is 10.4. The summed E-state index contributed by atoms with van der Waals surface area (Å²) >= 11 is 3.62. The van der Waals surface area contributed by atoms with Crippen LogP contribution in [0.15, 0.2) is 12.2 Å². The third-order valence-electron chi connectivity index (χ3n) is 1.93. The zero-order valence-electron chi connectivity index (χ0n) is 8.62. The number of hydrogen-bond donors (Lipinski definition) is 1. The fraction of sp³-hybridized carbons (Fsp3) is 0.636. The molecule has 1 unspecified atom stereocenters. The van der Waals surface area contributed by atoms with Gasteiger partial charge in [0.1, 0.15) is 0 Å². The largest absolute Gasteiger partial charge is 0.372 e. The van der Waals surface area contributed by atoms with Crippen molar-refractivity contribution in [3.63, 3.8) is 0 Å². The molecule has 1 atom stereocenters. The quantitative estimate of drug-likeness (QED) is 0.579. The van der Waals surface area contributed by atoms with Gasteiger partial charge in [0.05, 0.1) is 4.58 Å². The summed E-state index contributed by atoms with van der Waals surface area (Å²) in [6.45, 7) is 3.69. The minimum absolute atomic E-state index is 0.167. The van der Waals surface area contributed by atoms with E-state index in [1.54, 1.807) is 13.0 Å². The first-order chi connectivity index (χ1) is 6.73. The van der Waals surface area contributed by atoms with Gasteiger partial charge in [-0.05, 0) is 37.9 Å². The SMILES string of the molecule is CC#CC(O)(/C=C/C)C1SCCCS1. The van der Waals surface area contributed by atoms with Crippen LogP contribution in [0.2, 0.25) is 0 Å². The summed E-state index contributed by atoms with van der Waals surface area (Å²) in [5.41, 5.74) is -0.945. The van der Waals surface area contributed by atoms with E-state index in [0.29, 0.717) is 0 Å². The normalized spacial score (nSPS) is 22.8. The second-order valence-corrected chi connectivity index (χ2v) is 5.85. The first-order valence-electron chi connectivity index (χ1n) is 4.76. The maximum atomic E-state index is 10.3. The van der Waals surface area contributed by atoms with Crippen LogP contribution < -0.4 is 0 Å². The van der Waals surface area contributed by atoms with Gasteiger partial charge in [-0.2, -0.15) is 0 Å². The van der Waals surface area contributed by atoms with E-state index in [1.165, 1.54) is 6.42 Å². The number of aliphatic hydroxyl groups is 1. The van der Waals surface area contributed by atoms with Gasteiger partial charge in [0.2, 0.25) is 0 Å². The average molecular weight is 228 g/mol. The summed E-state index contributed by atoms with van der Waals surface area (Å²) in [7, 11) is 0. The van der Waals surface area contributed by atoms with Crippen molar-refractivity contribution in [1.82, 2.24) is 0 Å². The van der Waals surface area contributed by atoms with Crippen molar-refractivity contribution in [2.24, 2.45) is 0 Å². The molecule has 1 fully saturated rings. The minimum atomic E-state index is -0.945. The van der Waals surface area contributed by atoms with Crippen molar-refractivity contribution in [3.05, 3.63) is 12.2 Å². The topological polar surface area (TPSA) is 20.2 Å². The van der Waals surface area contributed by atoms with Crippen molar-refractivity contribution in [2.75, 3.05) is 11.5 Å². The van der Waals surface area contributed by atoms with Gasteiger partial charge in [0.15, 0.2) is 5.60 Å². The molecule has 14 heavy (non-hydrogen) atoms. The molecule has 0 radical (unpaired) electrons. The average Bonchev–Trinajstić information content (AvgIpc) is 2.20. The standard InChI is InChI=1S/C11H16OS2/c1-3-6-11(12,7-4-2)10-13-8-5-9-14-10/h3,6,10,12H,5,8-9H2,1-2H3/b6-3+. The highest BCUT2D eigenvalue weighted by atomic mass is 32.2. The van der Waals surface area contributed by atoms with Crippen molar-refractivity contribution in [3.8, 4) is 11.8 Å². The van der Waals surface area contributed by atoms with Crippen LogP contribution in [-0.4, -0.2) is 26.8 Å². The van der Waals surface area contributed by atoms with Gasteiger partial charge in [-0.15, -0.1) is 29.4 Å². The monoisotopic (exact) mass is 228 g/mol. The highest BCUT2D eigenvalue weighted by molar-refractivity contribution is 8.17. The summed E-state index contributed by atoms with van der Waals surface area (Å²) in [6.07, 6.45) is 4.91. The molecule has 1 saturated heterocycles. The first kappa shape index (κ1) is 12.0. The maximum Gasteiger partial charge on any atom is 0.164 e. The lowest BCUT2D eigenvalue weighted by Crippen LogP contribution is -2.36. The van der Waals surface area contributed by atoms with E-state index in [1.807, 2.05) is 36.5 Å². The lowest BCUT2D eigenvalue weighted by atomic mass is 10.1. The van der Waals surface area contributed by atoms with Gasteiger partial charge in [0.25, 0.3) is 0 Å². The summed E-state index contributed by atoms with van der Waals surface area (Å²) in [6, 6.07) is 0. The van der Waals surface area contributed by atoms with Crippen LogP contribution in [0.4, 0.5) is 0 Å². The Bertz CT molecular complexity index is 258. The van der Waals surface area contributed by atoms with Crippen LogP contribution in [-0.2, 0) is 0 Å². The van der Waals surface area contributed by atoms with Crippen LogP contribution in [0.25, 0.3) is 0 Å². The van der Waals surface area contributed by atoms with Crippen LogP contribution in [0.1, 0.15) is 20.3 Å². The Labute approximate surface area is 94.7 Å². The first-order valence-corrected chi connectivity index (χ1v) is 6.86. The summed E-state index contributed by atoms with van der Waals surface area (Å²) < 4.78 is 0.167. The number of rotatable bonds is 2. The number of thioether (sulfide) groups is 2. The summed E-state index contributed by atoms with van der Waals surface area (Å²) in [5.74, 6) is 7.98. The smallest absolute Gasteiger partial charge is 0.164 e. The molecular weight excluding hydrogens is 212 g/mol. The Kier molecular flexibility index (Phi) is 4.94. The Morgan fingerprint density at radius 2 is 2.07 bits per heavy atom. The third-order valence-corrected chi connectivity index (χ3v) is 5.12. The molecule has 0 aromatic rings. The molecule has 0 aromatic heterocycles. The molecule has 1 N–H and O–H groups in total. The molecule has 0 bridgehead atoms. The molecule has 3 heteroatoms. The molecule has 0 saturated carbocycles. The molecule has 0 amide bonds. The van der Waals surface area contributed by atoms with Crippen LogP contribution >= 0.6 is 23.5 Å². The van der Waals surface area contributed by atoms with E-state index >= 15 is 0 Å². The van der Waals surface area contributed by atoms with Gasteiger partial charge < -0.3 is 5.11 Å². The summed E-state index contributed by atoms with van der Waals surface area (Å²) in [5, 5.41) is 10.3. The Hall–Kier alpha value is -0.0400. The molecule has 78 valence electrons. The lowest BCUT2D eigenvalue weighted by molar-refractivity contribution is 0.171. The van der Waals surface area contributed by atoms with E-state index in [-0.39, 0.29) is 4.58 Å². The second kappa shape index (κ2) is 5.75. The molecule has 1 aliphatic heterocycles. The molecule has 1 rings (SSSR count). The second-order valence-electron chi connectivity index (χ2n) is 3.13. The van der Waals surface area contributed by atoms with Gasteiger partial charge >= 0.3 is 0 Å². The fourth-order valence-electron chi connectivity index (χ4n) is 1.38. The Balaban J connectivity index is 2.77. The van der Waals surface area contributed by atoms with Crippen LogP contribution in [0.3, 0.4) is 0 Å². The van der Waals surface area contributed by atoms with E-state index in [2.05, 4.69) is 11.8 Å². The third kappa shape index (κ3) is 2.98. The molecule has 0 aromatic carbocycles. The van der Waals surface area contributed by atoms with Gasteiger partial charge in [0, 0.05) is 0 Å². The highest BCUT2D eigenvalue weighted by Gasteiger charge is 2.34. The predicted octanol–water partition coefficient (Wildman–Crippen LogP) is 2.51. The van der Waals surface area contributed by atoms with E-state index in [0.717, 1.165) is 11.5 Å². The van der Waals surface area contributed by atoms with E-state index in [9.17, 15) is 5.11 Å². The van der Waals surface area contributed by atoms with Crippen molar-refractivity contribution >= 4 is 23.5 Å². The molecule has 1 aliphatic rings. The molecule has 0 spiro atoms. The molecule has 1 heterocycles. The predicted molar refractivity (Wildman–Crippen MR) is 66.5 cm³/mol. The number of allylic oxidation sites excluding steroid dienone is 1. The van der Waals surface area contributed by atoms with E-state index < -0.39 is 5.60 Å². The summed E-state index contributed by atoms with van der Waals surface area (Å²) in [4.78, 5) is 0. The zero-order valence-corrected chi connectivity index (χ0v) is 10.3. The van der Waals surface area contributed by atoms with Crippen molar-refractivity contribution in [2.45, 2.75) is 30.5 Å². The lowest BCUT2D eigenvalue weighted by Gasteiger charge is -2.31. The number of hydrogen-bond acceptors (Lipinski definition) is 3. The Morgan fingerprint density at radius 3 is 2.57 bits per heavy atom. The molecule has 0 aliphatic carbocycles. The highest BCUT2D eigenvalue weighted by Crippen LogP contribution is 2.38. The van der Waals surface area contributed by atoms with Gasteiger partial charge in [-0.1, -0.05) is 12.0 Å². The minimum Gasteiger partial charge on any atom is -0.372 e. The van der Waals surface area contributed by atoms with Crippen LogP contribution in [0.5, 0.6) is 0 Å². The fourth-order valence-corrected chi connectivity index (χ4v) is 4.35. The van der Waals surface area contributed by atoms with Crippen molar-refractivity contribution < 1.29 is 5.11 Å². The van der Waals surface area contributed by atoms with E-state index in [4.69, 9.17) is 0 Å².